The van der Waals surface area contributed by atoms with Crippen molar-refractivity contribution in [1.29, 1.82) is 0 Å². The van der Waals surface area contributed by atoms with Crippen LogP contribution in [0.2, 0.25) is 0 Å². The summed E-state index contributed by atoms with van der Waals surface area (Å²) < 4.78 is 42.0. The first-order chi connectivity index (χ1) is 14.2. The second kappa shape index (κ2) is 7.67. The van der Waals surface area contributed by atoms with E-state index < -0.39 is 24.3 Å². The van der Waals surface area contributed by atoms with Crippen LogP contribution in [-0.2, 0) is 20.1 Å². The van der Waals surface area contributed by atoms with Crippen molar-refractivity contribution in [3.8, 4) is 0 Å². The van der Waals surface area contributed by atoms with E-state index in [4.69, 9.17) is 0 Å². The molecule has 158 valence electrons. The van der Waals surface area contributed by atoms with E-state index in [1.165, 1.54) is 16.8 Å². The van der Waals surface area contributed by atoms with Crippen molar-refractivity contribution >= 4 is 10.9 Å². The number of likely N-dealkylation sites (tertiary alicyclic amines) is 1. The van der Waals surface area contributed by atoms with Gasteiger partial charge in [-0.1, -0.05) is 12.1 Å². The van der Waals surface area contributed by atoms with Crippen molar-refractivity contribution in [3.63, 3.8) is 0 Å². The first-order valence-corrected chi connectivity index (χ1v) is 9.55. The number of rotatable bonds is 4. The molecule has 0 radical (unpaired) electrons. The molecule has 1 atom stereocenters. The number of halogens is 3. The van der Waals surface area contributed by atoms with Gasteiger partial charge in [-0.25, -0.2) is 4.98 Å². The number of aromatic nitrogens is 4. The number of nitrogens with zero attached hydrogens (tertiary/aromatic N) is 5. The van der Waals surface area contributed by atoms with Crippen molar-refractivity contribution in [1.82, 2.24) is 24.0 Å². The zero-order valence-corrected chi connectivity index (χ0v) is 16.3. The maximum absolute atomic E-state index is 13.3. The maximum Gasteiger partial charge on any atom is 0.406 e. The standard InChI is InChI=1S/C20H20F3N5O2/c1-26-10-13(24-9-17(26)29)11-27-8-4-7-16(27)18-25-15-6-3-2-5-14(15)19(30)28(18)12-20(21,22)23/h2-3,5-6,9-10,16H,4,7-8,11-12H2,1H3. The highest BCUT2D eigenvalue weighted by atomic mass is 19.4. The average molecular weight is 419 g/mol. The van der Waals surface area contributed by atoms with Crippen LogP contribution in [0.5, 0.6) is 0 Å². The molecular weight excluding hydrogens is 399 g/mol. The SMILES string of the molecule is Cn1cc(CN2CCCC2c2nc3ccccc3c(=O)n2CC(F)(F)F)ncc1=O. The van der Waals surface area contributed by atoms with Gasteiger partial charge in [0.1, 0.15) is 12.4 Å². The second-order valence-corrected chi connectivity index (χ2v) is 7.45. The normalized spacial score (nSPS) is 17.7. The Bertz CT molecular complexity index is 1200. The molecule has 4 rings (SSSR count). The second-order valence-electron chi connectivity index (χ2n) is 7.45. The highest BCUT2D eigenvalue weighted by molar-refractivity contribution is 5.77. The lowest BCUT2D eigenvalue weighted by Gasteiger charge is -2.26. The van der Waals surface area contributed by atoms with Crippen LogP contribution in [0, 0.1) is 0 Å². The third-order valence-electron chi connectivity index (χ3n) is 5.29. The molecule has 1 aliphatic heterocycles. The summed E-state index contributed by atoms with van der Waals surface area (Å²) in [6.07, 6.45) is -0.395. The molecule has 1 aromatic carbocycles. The van der Waals surface area contributed by atoms with Gasteiger partial charge in [-0.3, -0.25) is 24.0 Å². The molecule has 1 unspecified atom stereocenters. The summed E-state index contributed by atoms with van der Waals surface area (Å²) in [4.78, 5) is 35.0. The molecule has 0 amide bonds. The van der Waals surface area contributed by atoms with Gasteiger partial charge in [-0.2, -0.15) is 13.2 Å². The van der Waals surface area contributed by atoms with Crippen molar-refractivity contribution in [3.05, 3.63) is 68.9 Å². The lowest BCUT2D eigenvalue weighted by atomic mass is 10.1. The van der Waals surface area contributed by atoms with Gasteiger partial charge in [0, 0.05) is 19.8 Å². The number of alkyl halides is 3. The van der Waals surface area contributed by atoms with E-state index in [1.54, 1.807) is 31.4 Å². The molecule has 3 heterocycles. The highest BCUT2D eigenvalue weighted by Gasteiger charge is 2.35. The summed E-state index contributed by atoms with van der Waals surface area (Å²) in [7, 11) is 1.61. The number of para-hydroxylation sites is 1. The third-order valence-corrected chi connectivity index (χ3v) is 5.29. The molecule has 0 bridgehead atoms. The Labute approximate surface area is 169 Å². The molecule has 10 heteroatoms. The van der Waals surface area contributed by atoms with Crippen LogP contribution in [0.1, 0.15) is 30.4 Å². The Morgan fingerprint density at radius 2 is 1.97 bits per heavy atom. The predicted molar refractivity (Wildman–Crippen MR) is 104 cm³/mol. The predicted octanol–water partition coefficient (Wildman–Crippen LogP) is 2.39. The zero-order valence-electron chi connectivity index (χ0n) is 16.3. The average Bonchev–Trinajstić information content (AvgIpc) is 3.14. The van der Waals surface area contributed by atoms with Crippen LogP contribution in [0.25, 0.3) is 10.9 Å². The molecule has 3 aromatic rings. The molecular formula is C20H20F3N5O2. The number of fused-ring (bicyclic) bond motifs is 1. The zero-order chi connectivity index (χ0) is 21.5. The monoisotopic (exact) mass is 419 g/mol. The Hall–Kier alpha value is -3.01. The van der Waals surface area contributed by atoms with Crippen molar-refractivity contribution in [2.24, 2.45) is 7.05 Å². The van der Waals surface area contributed by atoms with E-state index in [0.29, 0.717) is 30.7 Å². The van der Waals surface area contributed by atoms with Crippen LogP contribution in [0.15, 0.2) is 46.2 Å². The Morgan fingerprint density at radius 3 is 2.70 bits per heavy atom. The Kier molecular flexibility index (Phi) is 5.19. The minimum Gasteiger partial charge on any atom is -0.315 e. The molecule has 0 N–H and O–H groups in total. The van der Waals surface area contributed by atoms with Gasteiger partial charge in [-0.15, -0.1) is 0 Å². The van der Waals surface area contributed by atoms with Crippen molar-refractivity contribution in [2.75, 3.05) is 6.54 Å². The van der Waals surface area contributed by atoms with E-state index in [9.17, 15) is 22.8 Å². The van der Waals surface area contributed by atoms with E-state index in [0.717, 1.165) is 11.0 Å². The lowest BCUT2D eigenvalue weighted by molar-refractivity contribution is -0.142. The number of aryl methyl sites for hydroxylation is 1. The topological polar surface area (TPSA) is 73.0 Å². The third kappa shape index (κ3) is 4.00. The molecule has 0 aliphatic carbocycles. The highest BCUT2D eigenvalue weighted by Crippen LogP contribution is 2.33. The molecule has 0 spiro atoms. The lowest BCUT2D eigenvalue weighted by Crippen LogP contribution is -2.36. The van der Waals surface area contributed by atoms with Gasteiger partial charge >= 0.3 is 6.18 Å². The fraction of sp³-hybridized carbons (Fsp3) is 0.400. The van der Waals surface area contributed by atoms with Crippen molar-refractivity contribution < 1.29 is 13.2 Å². The fourth-order valence-corrected chi connectivity index (χ4v) is 3.92. The van der Waals surface area contributed by atoms with Gasteiger partial charge in [0.15, 0.2) is 0 Å². The summed E-state index contributed by atoms with van der Waals surface area (Å²) in [6, 6.07) is 5.97. The molecule has 1 fully saturated rings. The summed E-state index contributed by atoms with van der Waals surface area (Å²) in [5, 5.41) is 0.162. The number of hydrogen-bond acceptors (Lipinski definition) is 5. The maximum atomic E-state index is 13.3. The molecule has 1 aliphatic rings. The summed E-state index contributed by atoms with van der Waals surface area (Å²) >= 11 is 0. The number of benzene rings is 1. The smallest absolute Gasteiger partial charge is 0.315 e. The van der Waals surface area contributed by atoms with E-state index >= 15 is 0 Å². The van der Waals surface area contributed by atoms with E-state index in [-0.39, 0.29) is 16.8 Å². The fourth-order valence-electron chi connectivity index (χ4n) is 3.92. The van der Waals surface area contributed by atoms with Crippen LogP contribution in [0.3, 0.4) is 0 Å². The molecule has 0 saturated carbocycles. The first-order valence-electron chi connectivity index (χ1n) is 9.55. The van der Waals surface area contributed by atoms with Gasteiger partial charge in [-0.05, 0) is 31.5 Å². The molecule has 30 heavy (non-hydrogen) atoms. The minimum absolute atomic E-state index is 0.110. The Morgan fingerprint density at radius 1 is 1.20 bits per heavy atom. The van der Waals surface area contributed by atoms with Crippen LogP contribution in [-0.4, -0.2) is 36.7 Å². The van der Waals surface area contributed by atoms with Crippen LogP contribution >= 0.6 is 0 Å². The molecule has 1 saturated heterocycles. The van der Waals surface area contributed by atoms with Crippen LogP contribution < -0.4 is 11.1 Å². The minimum atomic E-state index is -4.55. The first kappa shape index (κ1) is 20.3. The number of hydrogen-bond donors (Lipinski definition) is 0. The molecule has 2 aromatic heterocycles. The molecule has 7 nitrogen and oxygen atoms in total. The summed E-state index contributed by atoms with van der Waals surface area (Å²) in [6.45, 7) is -0.418. The Balaban J connectivity index is 1.78. The largest absolute Gasteiger partial charge is 0.406 e. The summed E-state index contributed by atoms with van der Waals surface area (Å²) in [5.74, 6) is 0.110. The van der Waals surface area contributed by atoms with Gasteiger partial charge < -0.3 is 4.57 Å². The van der Waals surface area contributed by atoms with Gasteiger partial charge in [0.05, 0.1) is 28.8 Å². The van der Waals surface area contributed by atoms with Crippen molar-refractivity contribution in [2.45, 2.75) is 38.1 Å². The van der Waals surface area contributed by atoms with E-state index in [2.05, 4.69) is 9.97 Å². The van der Waals surface area contributed by atoms with Gasteiger partial charge in [0.2, 0.25) is 0 Å². The van der Waals surface area contributed by atoms with Crippen LogP contribution in [0.4, 0.5) is 13.2 Å². The van der Waals surface area contributed by atoms with Gasteiger partial charge in [0.25, 0.3) is 11.1 Å². The van der Waals surface area contributed by atoms with E-state index in [1.807, 2.05) is 4.90 Å². The quantitative estimate of drug-likeness (QED) is 0.649. The summed E-state index contributed by atoms with van der Waals surface area (Å²) in [5.41, 5.74) is 0.0597.